The zero-order valence-corrected chi connectivity index (χ0v) is 23.9. The Bertz CT molecular complexity index is 853. The average Bonchev–Trinajstić information content (AvgIpc) is 3.16. The zero-order valence-electron chi connectivity index (χ0n) is 23.9. The highest BCUT2D eigenvalue weighted by molar-refractivity contribution is 5.81. The summed E-state index contributed by atoms with van der Waals surface area (Å²) in [4.78, 5) is 13.8. The molecule has 204 valence electrons. The van der Waals surface area contributed by atoms with E-state index in [1.165, 1.54) is 56.3 Å². The van der Waals surface area contributed by atoms with Crippen molar-refractivity contribution in [2.75, 3.05) is 13.6 Å². The number of allylic oxidation sites excluding steroid dienone is 1. The monoisotopic (exact) mass is 499 g/mol. The van der Waals surface area contributed by atoms with Crippen molar-refractivity contribution in [1.82, 2.24) is 4.90 Å². The van der Waals surface area contributed by atoms with Crippen molar-refractivity contribution in [3.63, 3.8) is 0 Å². The van der Waals surface area contributed by atoms with E-state index in [1.54, 1.807) is 12.6 Å². The summed E-state index contributed by atoms with van der Waals surface area (Å²) in [5.74, 6) is 4.69. The van der Waals surface area contributed by atoms with Gasteiger partial charge in [-0.15, -0.1) is 0 Å². The van der Waals surface area contributed by atoms with E-state index in [-0.39, 0.29) is 30.0 Å². The molecular formula is C31H53N3O2. The molecule has 4 rings (SSSR count). The zero-order chi connectivity index (χ0) is 26.3. The number of ether oxygens (including phenoxy) is 1. The lowest BCUT2D eigenvalue weighted by Gasteiger charge is -2.58. The summed E-state index contributed by atoms with van der Waals surface area (Å²) < 4.78 is 5.84. The van der Waals surface area contributed by atoms with Crippen LogP contribution in [0.25, 0.3) is 0 Å². The summed E-state index contributed by atoms with van der Waals surface area (Å²) in [7, 11) is 1.65. The summed E-state index contributed by atoms with van der Waals surface area (Å²) >= 11 is 0. The largest absolute Gasteiger partial charge is 0.461 e. The fourth-order valence-electron chi connectivity index (χ4n) is 9.25. The van der Waals surface area contributed by atoms with E-state index in [4.69, 9.17) is 15.9 Å². The van der Waals surface area contributed by atoms with Gasteiger partial charge in [0.05, 0.1) is 0 Å². The van der Waals surface area contributed by atoms with Crippen LogP contribution in [0.5, 0.6) is 0 Å². The first-order valence-electron chi connectivity index (χ1n) is 14.9. The molecule has 0 bridgehead atoms. The minimum atomic E-state index is -0.275. The van der Waals surface area contributed by atoms with Gasteiger partial charge in [0.2, 0.25) is 0 Å². The lowest BCUT2D eigenvalue weighted by molar-refractivity contribution is -0.151. The third-order valence-electron chi connectivity index (χ3n) is 11.3. The molecule has 4 aliphatic carbocycles. The van der Waals surface area contributed by atoms with Gasteiger partial charge < -0.3 is 15.4 Å². The second-order valence-corrected chi connectivity index (χ2v) is 13.9. The molecule has 0 aromatic carbocycles. The van der Waals surface area contributed by atoms with Crippen molar-refractivity contribution in [2.45, 2.75) is 111 Å². The highest BCUT2D eigenvalue weighted by Crippen LogP contribution is 2.67. The van der Waals surface area contributed by atoms with Crippen LogP contribution in [0.15, 0.2) is 11.6 Å². The van der Waals surface area contributed by atoms with Gasteiger partial charge in [-0.25, -0.2) is 0 Å². The minimum absolute atomic E-state index is 0.0369. The van der Waals surface area contributed by atoms with E-state index >= 15 is 0 Å². The third-order valence-corrected chi connectivity index (χ3v) is 11.3. The fraction of sp³-hybridized carbons (Fsp3) is 0.871. The molecule has 0 heterocycles. The smallest absolute Gasteiger partial charge is 0.325 e. The van der Waals surface area contributed by atoms with Crippen molar-refractivity contribution in [3.05, 3.63) is 11.6 Å². The fourth-order valence-corrected chi connectivity index (χ4v) is 9.25. The lowest BCUT2D eigenvalue weighted by atomic mass is 9.47. The molecule has 3 fully saturated rings. The third kappa shape index (κ3) is 5.23. The number of nitrogens with two attached hydrogens (primary N) is 1. The van der Waals surface area contributed by atoms with Crippen molar-refractivity contribution < 1.29 is 9.53 Å². The first-order chi connectivity index (χ1) is 17.0. The first-order valence-corrected chi connectivity index (χ1v) is 14.9. The standard InChI is InChI=1S/C31H53N3O2/c1-20(2)8-7-9-21(3)25-12-13-26-24-11-10-22-18-23(36-28(35)19-34(6)29(32)33)14-16-30(22,4)27(24)15-17-31(25,26)5/h10,20-21,23-27H,7-9,11-19H2,1-6H3,(H3,32,33)/t21-,23?,24+,25-,26+,27+,30+,31-/m1/s1. The molecule has 3 saturated carbocycles. The lowest BCUT2D eigenvalue weighted by Crippen LogP contribution is -2.51. The normalized spacial score (nSPS) is 38.4. The van der Waals surface area contributed by atoms with Crippen LogP contribution in [0.2, 0.25) is 0 Å². The van der Waals surface area contributed by atoms with E-state index < -0.39 is 0 Å². The van der Waals surface area contributed by atoms with Gasteiger partial charge in [0.25, 0.3) is 0 Å². The van der Waals surface area contributed by atoms with Crippen molar-refractivity contribution in [3.8, 4) is 0 Å². The van der Waals surface area contributed by atoms with Crippen LogP contribution in [0.4, 0.5) is 0 Å². The molecular weight excluding hydrogens is 446 g/mol. The summed E-state index contributed by atoms with van der Waals surface area (Å²) in [5.41, 5.74) is 7.82. The first kappa shape index (κ1) is 27.5. The van der Waals surface area contributed by atoms with E-state index in [2.05, 4.69) is 40.7 Å². The number of likely N-dealkylation sites (N-methyl/N-ethyl adjacent to an activating group) is 1. The summed E-state index contributed by atoms with van der Waals surface area (Å²) in [6, 6.07) is 0. The molecule has 1 unspecified atom stereocenters. The number of hydrogen-bond acceptors (Lipinski definition) is 3. The Morgan fingerprint density at radius 1 is 1.14 bits per heavy atom. The van der Waals surface area contributed by atoms with Gasteiger partial charge in [-0.1, -0.05) is 65.5 Å². The van der Waals surface area contributed by atoms with Gasteiger partial charge >= 0.3 is 5.97 Å². The molecule has 0 saturated heterocycles. The van der Waals surface area contributed by atoms with Crippen LogP contribution in [-0.2, 0) is 9.53 Å². The number of nitrogens with one attached hydrogen (secondary N) is 1. The molecule has 0 radical (unpaired) electrons. The van der Waals surface area contributed by atoms with E-state index in [9.17, 15) is 4.79 Å². The number of fused-ring (bicyclic) bond motifs is 5. The quantitative estimate of drug-likeness (QED) is 0.167. The maximum atomic E-state index is 12.4. The number of guanidine groups is 1. The average molecular weight is 500 g/mol. The highest BCUT2D eigenvalue weighted by Gasteiger charge is 2.59. The summed E-state index contributed by atoms with van der Waals surface area (Å²) in [6.45, 7) is 12.5. The van der Waals surface area contributed by atoms with Crippen molar-refractivity contribution in [2.24, 2.45) is 52.1 Å². The van der Waals surface area contributed by atoms with Crippen LogP contribution in [0.1, 0.15) is 105 Å². The van der Waals surface area contributed by atoms with Crippen molar-refractivity contribution in [1.29, 1.82) is 5.41 Å². The van der Waals surface area contributed by atoms with Crippen molar-refractivity contribution >= 4 is 11.9 Å². The number of nitrogens with zero attached hydrogens (tertiary/aromatic N) is 1. The SMILES string of the molecule is CC(C)CCC[C@@H](C)[C@H]1CC[C@H]2[C@@H]3CC=C4CC(OC(=O)CN(C)C(=N)N)CC[C@]4(C)[C@H]3CC[C@]12C. The van der Waals surface area contributed by atoms with Gasteiger partial charge in [-0.3, -0.25) is 10.2 Å². The molecule has 0 aromatic rings. The van der Waals surface area contributed by atoms with Gasteiger partial charge in [0.15, 0.2) is 5.96 Å². The number of esters is 1. The van der Waals surface area contributed by atoms with Crippen LogP contribution in [0.3, 0.4) is 0 Å². The second kappa shape index (κ2) is 10.7. The number of carbonyl (C=O) groups excluding carboxylic acids is 1. The van der Waals surface area contributed by atoms with Crippen LogP contribution in [0, 0.1) is 51.7 Å². The Labute approximate surface area is 220 Å². The topological polar surface area (TPSA) is 79.4 Å². The Hall–Kier alpha value is -1.52. The minimum Gasteiger partial charge on any atom is -0.461 e. The maximum Gasteiger partial charge on any atom is 0.325 e. The van der Waals surface area contributed by atoms with Gasteiger partial charge in [-0.2, -0.15) is 0 Å². The Balaban J connectivity index is 1.40. The molecule has 0 amide bonds. The Morgan fingerprint density at radius 3 is 2.58 bits per heavy atom. The van der Waals surface area contributed by atoms with E-state index in [0.29, 0.717) is 5.41 Å². The van der Waals surface area contributed by atoms with E-state index in [1.807, 2.05) is 0 Å². The van der Waals surface area contributed by atoms with Crippen LogP contribution < -0.4 is 5.73 Å². The summed E-state index contributed by atoms with van der Waals surface area (Å²) in [6.07, 6.45) is 16.5. The summed E-state index contributed by atoms with van der Waals surface area (Å²) in [5, 5.41) is 7.48. The number of rotatable bonds is 8. The van der Waals surface area contributed by atoms with Gasteiger partial charge in [0.1, 0.15) is 12.6 Å². The second-order valence-electron chi connectivity index (χ2n) is 13.9. The molecule has 8 atom stereocenters. The Morgan fingerprint density at radius 2 is 1.89 bits per heavy atom. The number of hydrogen-bond donors (Lipinski definition) is 2. The van der Waals surface area contributed by atoms with E-state index in [0.717, 1.165) is 54.8 Å². The number of carbonyl (C=O) groups is 1. The van der Waals surface area contributed by atoms with Gasteiger partial charge in [-0.05, 0) is 91.3 Å². The Kier molecular flexibility index (Phi) is 8.17. The molecule has 3 N–H and O–H groups in total. The predicted molar refractivity (Wildman–Crippen MR) is 147 cm³/mol. The van der Waals surface area contributed by atoms with Gasteiger partial charge in [0, 0.05) is 13.5 Å². The molecule has 5 nitrogen and oxygen atoms in total. The molecule has 4 aliphatic rings. The predicted octanol–water partition coefficient (Wildman–Crippen LogP) is 6.76. The van der Waals surface area contributed by atoms with Crippen LogP contribution >= 0.6 is 0 Å². The van der Waals surface area contributed by atoms with Crippen LogP contribution in [-0.4, -0.2) is 36.5 Å². The molecule has 0 aliphatic heterocycles. The molecule has 36 heavy (non-hydrogen) atoms. The maximum absolute atomic E-state index is 12.4. The molecule has 5 heteroatoms. The molecule has 0 aromatic heterocycles. The molecule has 0 spiro atoms. The highest BCUT2D eigenvalue weighted by atomic mass is 16.5.